The predicted molar refractivity (Wildman–Crippen MR) is 204 cm³/mol. The first-order valence-electron chi connectivity index (χ1n) is 19.3. The number of aliphatic hydroxyl groups is 1. The van der Waals surface area contributed by atoms with Crippen molar-refractivity contribution in [1.82, 2.24) is 35.0 Å². The summed E-state index contributed by atoms with van der Waals surface area (Å²) in [5.74, 6) is -1.99. The molecule has 304 valence electrons. The fraction of sp³-hybridized carbons (Fsp3) is 0.425. The van der Waals surface area contributed by atoms with Crippen LogP contribution in [0.4, 0.5) is 29.3 Å². The molecular formula is C40H42F3N9O6. The number of halogens is 3. The van der Waals surface area contributed by atoms with Crippen molar-refractivity contribution < 1.29 is 42.3 Å². The van der Waals surface area contributed by atoms with Crippen LogP contribution >= 0.6 is 0 Å². The molecule has 2 aromatic carbocycles. The van der Waals surface area contributed by atoms with Crippen LogP contribution in [0.15, 0.2) is 54.7 Å². The normalized spacial score (nSPS) is 19.0. The van der Waals surface area contributed by atoms with Gasteiger partial charge in [-0.1, -0.05) is 6.07 Å². The number of likely N-dealkylation sites (tertiary alicyclic amines) is 1. The third-order valence-electron chi connectivity index (χ3n) is 11.4. The Hall–Kier alpha value is -5.88. The van der Waals surface area contributed by atoms with Gasteiger partial charge in [0.2, 0.25) is 5.91 Å². The zero-order valence-electron chi connectivity index (χ0n) is 31.9. The number of carbonyl (C=O) groups is 5. The summed E-state index contributed by atoms with van der Waals surface area (Å²) in [5, 5.41) is 23.1. The lowest BCUT2D eigenvalue weighted by atomic mass is 9.94. The van der Waals surface area contributed by atoms with E-state index in [-0.39, 0.29) is 35.8 Å². The molecule has 18 heteroatoms. The fourth-order valence-corrected chi connectivity index (χ4v) is 8.28. The first-order valence-corrected chi connectivity index (χ1v) is 19.3. The molecule has 0 atom stereocenters. The number of anilines is 2. The average molecular weight is 802 g/mol. The number of imide groups is 2. The monoisotopic (exact) mass is 801 g/mol. The van der Waals surface area contributed by atoms with E-state index >= 15 is 0 Å². The molecule has 3 saturated heterocycles. The average Bonchev–Trinajstić information content (AvgIpc) is 3.71. The van der Waals surface area contributed by atoms with Gasteiger partial charge in [-0.15, -0.1) is 0 Å². The molecule has 2 aromatic heterocycles. The van der Waals surface area contributed by atoms with E-state index in [1.807, 2.05) is 16.9 Å². The Labute approximate surface area is 330 Å². The van der Waals surface area contributed by atoms with Gasteiger partial charge in [-0.3, -0.25) is 29.2 Å². The molecule has 0 bridgehead atoms. The van der Waals surface area contributed by atoms with E-state index < -0.39 is 52.8 Å². The first kappa shape index (κ1) is 39.0. The molecule has 4 aromatic rings. The van der Waals surface area contributed by atoms with Gasteiger partial charge < -0.3 is 20.2 Å². The number of nitrogens with one attached hydrogen (secondary N) is 2. The molecule has 4 aliphatic heterocycles. The maximum absolute atomic E-state index is 13.3. The molecule has 3 fully saturated rings. The molecule has 4 aliphatic rings. The number of hydrazine groups is 1. The second kappa shape index (κ2) is 14.8. The third-order valence-corrected chi connectivity index (χ3v) is 11.4. The number of piperidine rings is 2. The Bertz CT molecular complexity index is 2320. The summed E-state index contributed by atoms with van der Waals surface area (Å²) in [6.45, 7) is 7.33. The van der Waals surface area contributed by atoms with Crippen LogP contribution in [0.25, 0.3) is 10.9 Å². The Morgan fingerprint density at radius 2 is 1.64 bits per heavy atom. The summed E-state index contributed by atoms with van der Waals surface area (Å²) in [7, 11) is 0. The van der Waals surface area contributed by atoms with Gasteiger partial charge >= 0.3 is 12.2 Å². The van der Waals surface area contributed by atoms with Crippen LogP contribution in [0.2, 0.25) is 0 Å². The van der Waals surface area contributed by atoms with E-state index in [2.05, 4.69) is 25.4 Å². The highest BCUT2D eigenvalue weighted by molar-refractivity contribution is 6.22. The lowest BCUT2D eigenvalue weighted by Gasteiger charge is -2.38. The summed E-state index contributed by atoms with van der Waals surface area (Å²) in [5.41, 5.74) is -0.456. The standard InChI is InChI=1S/C40H42F3N9O6/c1-39(2,58)29-20-31-24(18-32(29)45-35(54)30-4-3-5-33(44-30)40(41,42)43)22-50(47-31)25-10-13-48(14-11-25)21-23-8-15-49(16-9-23)26-6-7-27-28(19-26)37(56)52(36(27)55)51-17-12-34(53)46-38(51)57/h3-7,18-20,22-23,25,58H,8-17,21H2,1-2H3,(H,45,54)(H,46,53,57). The summed E-state index contributed by atoms with van der Waals surface area (Å²) >= 11 is 0. The molecule has 6 heterocycles. The van der Waals surface area contributed by atoms with E-state index in [1.54, 1.807) is 38.1 Å². The zero-order valence-corrected chi connectivity index (χ0v) is 31.9. The van der Waals surface area contributed by atoms with Crippen LogP contribution in [-0.2, 0) is 16.6 Å². The van der Waals surface area contributed by atoms with Gasteiger partial charge in [0.05, 0.1) is 34.8 Å². The van der Waals surface area contributed by atoms with Gasteiger partial charge in [-0.25, -0.2) is 14.8 Å². The number of nitrogens with zero attached hydrogens (tertiary/aromatic N) is 7. The lowest BCUT2D eigenvalue weighted by Crippen LogP contribution is -2.58. The molecule has 0 unspecified atom stereocenters. The van der Waals surface area contributed by atoms with Crippen molar-refractivity contribution in [1.29, 1.82) is 0 Å². The van der Waals surface area contributed by atoms with Crippen molar-refractivity contribution in [2.24, 2.45) is 5.92 Å². The number of fused-ring (bicyclic) bond motifs is 2. The van der Waals surface area contributed by atoms with Crippen molar-refractivity contribution in [3.05, 3.63) is 82.8 Å². The summed E-state index contributed by atoms with van der Waals surface area (Å²) < 4.78 is 41.6. The molecule has 0 saturated carbocycles. The number of aromatic nitrogens is 3. The number of urea groups is 1. The van der Waals surface area contributed by atoms with Crippen molar-refractivity contribution in [2.45, 2.75) is 63.8 Å². The largest absolute Gasteiger partial charge is 0.433 e. The fourth-order valence-electron chi connectivity index (χ4n) is 8.28. The Morgan fingerprint density at radius 1 is 0.914 bits per heavy atom. The topological polar surface area (TPSA) is 173 Å². The number of pyridine rings is 1. The number of alkyl halides is 3. The zero-order chi connectivity index (χ0) is 41.1. The van der Waals surface area contributed by atoms with E-state index in [1.165, 1.54) is 6.07 Å². The van der Waals surface area contributed by atoms with Crippen LogP contribution in [0.5, 0.6) is 0 Å². The number of benzene rings is 2. The van der Waals surface area contributed by atoms with E-state index in [0.717, 1.165) is 86.2 Å². The number of hydrogen-bond donors (Lipinski definition) is 3. The van der Waals surface area contributed by atoms with Gasteiger partial charge in [0.25, 0.3) is 17.7 Å². The first-order chi connectivity index (χ1) is 27.5. The van der Waals surface area contributed by atoms with Crippen LogP contribution in [0.3, 0.4) is 0 Å². The second-order valence-electron chi connectivity index (χ2n) is 15.8. The van der Waals surface area contributed by atoms with E-state index in [4.69, 9.17) is 5.10 Å². The summed E-state index contributed by atoms with van der Waals surface area (Å²) in [6, 6.07) is 11.0. The molecule has 0 radical (unpaired) electrons. The van der Waals surface area contributed by atoms with Gasteiger partial charge in [0.15, 0.2) is 0 Å². The van der Waals surface area contributed by atoms with Crippen LogP contribution in [-0.4, -0.2) is 104 Å². The quantitative estimate of drug-likeness (QED) is 0.207. The smallest absolute Gasteiger partial charge is 0.386 e. The maximum Gasteiger partial charge on any atom is 0.433 e. The molecule has 8 rings (SSSR count). The van der Waals surface area contributed by atoms with Crippen molar-refractivity contribution in [3.63, 3.8) is 0 Å². The molecular weight excluding hydrogens is 759 g/mol. The van der Waals surface area contributed by atoms with Crippen molar-refractivity contribution >= 4 is 51.9 Å². The SMILES string of the molecule is CC(C)(O)c1cc2nn(C3CCN(CC4CCN(c5ccc6c(c5)C(=O)N(N5CCC(=O)NC5=O)C6=O)CC4)CC3)cc2cc1NC(=O)c1cccc(C(F)(F)F)n1. The number of hydrogen-bond acceptors (Lipinski definition) is 10. The van der Waals surface area contributed by atoms with Gasteiger partial charge in [-0.2, -0.15) is 23.3 Å². The Morgan fingerprint density at radius 3 is 2.33 bits per heavy atom. The van der Waals surface area contributed by atoms with Gasteiger partial charge in [-0.05, 0) is 87.9 Å². The molecule has 15 nitrogen and oxygen atoms in total. The predicted octanol–water partition coefficient (Wildman–Crippen LogP) is 4.94. The van der Waals surface area contributed by atoms with Crippen LogP contribution < -0.4 is 15.5 Å². The lowest BCUT2D eigenvalue weighted by molar-refractivity contribution is -0.141. The highest BCUT2D eigenvalue weighted by atomic mass is 19.4. The minimum Gasteiger partial charge on any atom is -0.386 e. The number of rotatable bonds is 8. The van der Waals surface area contributed by atoms with Gasteiger partial charge in [0.1, 0.15) is 11.4 Å². The summed E-state index contributed by atoms with van der Waals surface area (Å²) in [6.07, 6.45) is 0.819. The van der Waals surface area contributed by atoms with Crippen molar-refractivity contribution in [3.8, 4) is 0 Å². The molecule has 0 aliphatic carbocycles. The van der Waals surface area contributed by atoms with Crippen LogP contribution in [0, 0.1) is 5.92 Å². The van der Waals surface area contributed by atoms with Gasteiger partial charge in [0, 0.05) is 67.7 Å². The molecule has 58 heavy (non-hydrogen) atoms. The summed E-state index contributed by atoms with van der Waals surface area (Å²) in [4.78, 5) is 71.6. The highest BCUT2D eigenvalue weighted by Gasteiger charge is 2.43. The van der Waals surface area contributed by atoms with E-state index in [0.29, 0.717) is 22.4 Å². The second-order valence-corrected chi connectivity index (χ2v) is 15.8. The molecule has 0 spiro atoms. The molecule has 6 amide bonds. The van der Waals surface area contributed by atoms with Crippen molar-refractivity contribution in [2.75, 3.05) is 49.5 Å². The third kappa shape index (κ3) is 7.60. The number of carbonyl (C=O) groups excluding carboxylic acids is 5. The highest BCUT2D eigenvalue weighted by Crippen LogP contribution is 2.35. The van der Waals surface area contributed by atoms with E-state index in [9.17, 15) is 42.3 Å². The Balaban J connectivity index is 0.863. The molecule has 3 N–H and O–H groups in total. The maximum atomic E-state index is 13.3. The Kier molecular flexibility index (Phi) is 9.95. The van der Waals surface area contributed by atoms with Crippen LogP contribution in [0.1, 0.15) is 94.5 Å². The minimum atomic E-state index is -4.71. The number of amides is 6. The minimum absolute atomic E-state index is 0.00565.